The number of nitrogens with one attached hydrogen (secondary N) is 1. The van der Waals surface area contributed by atoms with Crippen LogP contribution in [0.3, 0.4) is 0 Å². The molecule has 150 valence electrons. The van der Waals surface area contributed by atoms with E-state index in [1.165, 1.54) is 4.31 Å². The maximum absolute atomic E-state index is 12.6. The molecule has 0 aliphatic rings. The van der Waals surface area contributed by atoms with Crippen molar-refractivity contribution in [3.05, 3.63) is 102 Å². The maximum atomic E-state index is 12.6. The highest BCUT2D eigenvalue weighted by atomic mass is 32.2. The van der Waals surface area contributed by atoms with Crippen LogP contribution in [-0.2, 0) is 16.6 Å². The third-order valence-electron chi connectivity index (χ3n) is 4.72. The minimum absolute atomic E-state index is 0.106. The topological polar surface area (TPSA) is 66.5 Å². The molecule has 0 spiro atoms. The minimum atomic E-state index is -3.56. The van der Waals surface area contributed by atoms with Crippen LogP contribution in [0.2, 0.25) is 0 Å². The van der Waals surface area contributed by atoms with Crippen LogP contribution in [0.1, 0.15) is 34.5 Å². The van der Waals surface area contributed by atoms with Crippen molar-refractivity contribution in [3.63, 3.8) is 0 Å². The van der Waals surface area contributed by atoms with Gasteiger partial charge in [-0.2, -0.15) is 4.31 Å². The molecule has 0 heterocycles. The number of sulfonamides is 1. The summed E-state index contributed by atoms with van der Waals surface area (Å²) < 4.78 is 26.6. The fraction of sp³-hybridized carbons (Fsp3) is 0.174. The first-order valence-corrected chi connectivity index (χ1v) is 10.8. The van der Waals surface area contributed by atoms with E-state index in [4.69, 9.17) is 0 Å². The number of amides is 1. The monoisotopic (exact) mass is 408 g/mol. The van der Waals surface area contributed by atoms with Gasteiger partial charge in [0.2, 0.25) is 10.0 Å². The summed E-state index contributed by atoms with van der Waals surface area (Å²) in [5.74, 6) is -0.168. The van der Waals surface area contributed by atoms with E-state index in [1.807, 2.05) is 37.3 Å². The van der Waals surface area contributed by atoms with Gasteiger partial charge < -0.3 is 5.32 Å². The van der Waals surface area contributed by atoms with Gasteiger partial charge in [-0.3, -0.25) is 4.79 Å². The Morgan fingerprint density at radius 1 is 0.897 bits per heavy atom. The zero-order chi connectivity index (χ0) is 20.9. The molecule has 1 N–H and O–H groups in total. The molecule has 3 aromatic rings. The number of hydrogen-bond donors (Lipinski definition) is 1. The van der Waals surface area contributed by atoms with E-state index in [2.05, 4.69) is 5.32 Å². The Balaban J connectivity index is 1.65. The summed E-state index contributed by atoms with van der Waals surface area (Å²) in [5.41, 5.74) is 2.37. The summed E-state index contributed by atoms with van der Waals surface area (Å²) in [6, 6.07) is 25.0. The summed E-state index contributed by atoms with van der Waals surface area (Å²) in [5, 5.41) is 2.97. The average molecular weight is 409 g/mol. The van der Waals surface area contributed by atoms with E-state index < -0.39 is 10.0 Å². The van der Waals surface area contributed by atoms with Gasteiger partial charge >= 0.3 is 0 Å². The third kappa shape index (κ3) is 5.10. The molecule has 6 heteroatoms. The molecule has 0 aromatic heterocycles. The SMILES string of the molecule is C[C@@H](NC(=O)c1ccc(CN(C)S(=O)(=O)c2ccccc2)cc1)c1ccccc1. The Labute approximate surface area is 172 Å². The molecule has 29 heavy (non-hydrogen) atoms. The number of carbonyl (C=O) groups excluding carboxylic acids is 1. The third-order valence-corrected chi connectivity index (χ3v) is 6.54. The van der Waals surface area contributed by atoms with Gasteiger partial charge in [-0.15, -0.1) is 0 Å². The molecule has 0 unspecified atom stereocenters. The van der Waals surface area contributed by atoms with Gasteiger partial charge in [0, 0.05) is 19.2 Å². The average Bonchev–Trinajstić information content (AvgIpc) is 2.75. The fourth-order valence-electron chi connectivity index (χ4n) is 2.98. The Morgan fingerprint density at radius 3 is 2.03 bits per heavy atom. The Kier molecular flexibility index (Phi) is 6.46. The highest BCUT2D eigenvalue weighted by Crippen LogP contribution is 2.17. The minimum Gasteiger partial charge on any atom is -0.346 e. The van der Waals surface area contributed by atoms with Crippen LogP contribution < -0.4 is 5.32 Å². The van der Waals surface area contributed by atoms with Crippen LogP contribution in [0, 0.1) is 0 Å². The second kappa shape index (κ2) is 9.03. The highest BCUT2D eigenvalue weighted by Gasteiger charge is 2.20. The molecule has 0 fully saturated rings. The van der Waals surface area contributed by atoms with Crippen molar-refractivity contribution in [2.24, 2.45) is 0 Å². The molecule has 0 aliphatic carbocycles. The van der Waals surface area contributed by atoms with Crippen LogP contribution in [0.15, 0.2) is 89.8 Å². The molecular formula is C23H24N2O3S. The van der Waals surface area contributed by atoms with Crippen molar-refractivity contribution in [1.29, 1.82) is 0 Å². The van der Waals surface area contributed by atoms with Crippen molar-refractivity contribution in [2.75, 3.05) is 7.05 Å². The molecule has 0 aliphatic heterocycles. The summed E-state index contributed by atoms with van der Waals surface area (Å²) in [4.78, 5) is 12.7. The van der Waals surface area contributed by atoms with Crippen LogP contribution in [0.25, 0.3) is 0 Å². The molecule has 0 bridgehead atoms. The molecule has 5 nitrogen and oxygen atoms in total. The molecule has 0 radical (unpaired) electrons. The Bertz CT molecular complexity index is 1050. The number of nitrogens with zero attached hydrogens (tertiary/aromatic N) is 1. The lowest BCUT2D eigenvalue weighted by Gasteiger charge is -2.18. The van der Waals surface area contributed by atoms with E-state index in [1.54, 1.807) is 61.6 Å². The zero-order valence-corrected chi connectivity index (χ0v) is 17.3. The maximum Gasteiger partial charge on any atom is 0.251 e. The standard InChI is InChI=1S/C23H24N2O3S/c1-18(20-9-5-3-6-10-20)24-23(26)21-15-13-19(14-16-21)17-25(2)29(27,28)22-11-7-4-8-12-22/h3-16,18H,17H2,1-2H3,(H,24,26)/t18-/m1/s1. The summed E-state index contributed by atoms with van der Waals surface area (Å²) in [7, 11) is -2.01. The van der Waals surface area contributed by atoms with Gasteiger partial charge in [-0.05, 0) is 42.3 Å². The number of carbonyl (C=O) groups is 1. The lowest BCUT2D eigenvalue weighted by Crippen LogP contribution is -2.27. The van der Waals surface area contributed by atoms with Gasteiger partial charge in [-0.25, -0.2) is 8.42 Å². The predicted molar refractivity (Wildman–Crippen MR) is 114 cm³/mol. The van der Waals surface area contributed by atoms with Crippen molar-refractivity contribution >= 4 is 15.9 Å². The smallest absolute Gasteiger partial charge is 0.251 e. The van der Waals surface area contributed by atoms with Gasteiger partial charge in [0.15, 0.2) is 0 Å². The lowest BCUT2D eigenvalue weighted by molar-refractivity contribution is 0.0940. The first kappa shape index (κ1) is 20.8. The van der Waals surface area contributed by atoms with Crippen molar-refractivity contribution < 1.29 is 13.2 Å². The van der Waals surface area contributed by atoms with Crippen LogP contribution in [0.5, 0.6) is 0 Å². The summed E-state index contributed by atoms with van der Waals surface area (Å²) in [6.07, 6.45) is 0. The van der Waals surface area contributed by atoms with E-state index in [0.717, 1.165) is 11.1 Å². The van der Waals surface area contributed by atoms with Gasteiger partial charge in [0.25, 0.3) is 5.91 Å². The van der Waals surface area contributed by atoms with Crippen molar-refractivity contribution in [1.82, 2.24) is 9.62 Å². The lowest BCUT2D eigenvalue weighted by atomic mass is 10.1. The molecule has 0 saturated heterocycles. The second-order valence-electron chi connectivity index (χ2n) is 6.88. The number of rotatable bonds is 7. The first-order chi connectivity index (χ1) is 13.9. The van der Waals surface area contributed by atoms with E-state index in [9.17, 15) is 13.2 Å². The molecular weight excluding hydrogens is 384 g/mol. The number of benzene rings is 3. The summed E-state index contributed by atoms with van der Waals surface area (Å²) >= 11 is 0. The van der Waals surface area contributed by atoms with Gasteiger partial charge in [0.1, 0.15) is 0 Å². The molecule has 3 aromatic carbocycles. The normalized spacial score (nSPS) is 12.5. The molecule has 1 amide bonds. The molecule has 0 saturated carbocycles. The zero-order valence-electron chi connectivity index (χ0n) is 16.4. The predicted octanol–water partition coefficient (Wildman–Crippen LogP) is 4.00. The fourth-order valence-corrected chi connectivity index (χ4v) is 4.16. The summed E-state index contributed by atoms with van der Waals surface area (Å²) in [6.45, 7) is 2.16. The van der Waals surface area contributed by atoms with E-state index >= 15 is 0 Å². The van der Waals surface area contributed by atoms with Crippen LogP contribution in [-0.4, -0.2) is 25.7 Å². The second-order valence-corrected chi connectivity index (χ2v) is 8.92. The van der Waals surface area contributed by atoms with Crippen molar-refractivity contribution in [2.45, 2.75) is 24.4 Å². The van der Waals surface area contributed by atoms with Crippen molar-refractivity contribution in [3.8, 4) is 0 Å². The largest absolute Gasteiger partial charge is 0.346 e. The van der Waals surface area contributed by atoms with Crippen LogP contribution in [0.4, 0.5) is 0 Å². The van der Waals surface area contributed by atoms with E-state index in [-0.39, 0.29) is 23.4 Å². The Morgan fingerprint density at radius 2 is 1.45 bits per heavy atom. The van der Waals surface area contributed by atoms with Gasteiger partial charge in [-0.1, -0.05) is 60.7 Å². The van der Waals surface area contributed by atoms with E-state index in [0.29, 0.717) is 5.56 Å². The highest BCUT2D eigenvalue weighted by molar-refractivity contribution is 7.89. The van der Waals surface area contributed by atoms with Gasteiger partial charge in [0.05, 0.1) is 10.9 Å². The quantitative estimate of drug-likeness (QED) is 0.643. The number of hydrogen-bond acceptors (Lipinski definition) is 3. The molecule has 1 atom stereocenters. The van der Waals surface area contributed by atoms with Crippen LogP contribution >= 0.6 is 0 Å². The first-order valence-electron chi connectivity index (χ1n) is 9.34. The molecule has 3 rings (SSSR count). The Hall–Kier alpha value is -2.96.